The van der Waals surface area contributed by atoms with E-state index in [1.165, 1.54) is 0 Å². The minimum atomic E-state index is -2.36. The SMILES string of the molecule is CCP(=O)(CC)NO. The maximum Gasteiger partial charge on any atom is 0.169 e. The van der Waals surface area contributed by atoms with Gasteiger partial charge in [-0.05, 0) is 0 Å². The van der Waals surface area contributed by atoms with Gasteiger partial charge in [-0.3, -0.25) is 0 Å². The Balaban J connectivity index is 3.79. The Morgan fingerprint density at radius 2 is 1.88 bits per heavy atom. The molecule has 0 saturated heterocycles. The topological polar surface area (TPSA) is 49.3 Å². The number of hydrogen-bond donors (Lipinski definition) is 2. The van der Waals surface area contributed by atoms with E-state index in [1.54, 1.807) is 13.8 Å². The average Bonchev–Trinajstić information content (AvgIpc) is 1.87. The molecule has 50 valence electrons. The molecule has 0 heterocycles. The maximum atomic E-state index is 11.0. The first kappa shape index (κ1) is 8.15. The molecular formula is C4H12NO2P. The van der Waals surface area contributed by atoms with Crippen LogP contribution in [0.25, 0.3) is 0 Å². The highest BCUT2D eigenvalue weighted by molar-refractivity contribution is 7.61. The molecule has 0 spiro atoms. The van der Waals surface area contributed by atoms with Gasteiger partial charge in [0.05, 0.1) is 0 Å². The van der Waals surface area contributed by atoms with Crippen LogP contribution in [0.15, 0.2) is 0 Å². The summed E-state index contributed by atoms with van der Waals surface area (Å²) in [5, 5.41) is 10.1. The van der Waals surface area contributed by atoms with Crippen molar-refractivity contribution in [3.63, 3.8) is 0 Å². The van der Waals surface area contributed by atoms with Gasteiger partial charge >= 0.3 is 0 Å². The van der Waals surface area contributed by atoms with Crippen molar-refractivity contribution in [3.8, 4) is 0 Å². The summed E-state index contributed by atoms with van der Waals surface area (Å²) in [7, 11) is -2.36. The van der Waals surface area contributed by atoms with E-state index in [1.807, 2.05) is 5.25 Å². The molecular weight excluding hydrogens is 125 g/mol. The van der Waals surface area contributed by atoms with Crippen molar-refractivity contribution >= 4 is 7.29 Å². The zero-order chi connectivity index (χ0) is 6.62. The second-order valence-corrected chi connectivity index (χ2v) is 4.87. The highest BCUT2D eigenvalue weighted by Crippen LogP contribution is 2.37. The van der Waals surface area contributed by atoms with Crippen LogP contribution < -0.4 is 5.25 Å². The van der Waals surface area contributed by atoms with E-state index in [-0.39, 0.29) is 0 Å². The lowest BCUT2D eigenvalue weighted by Gasteiger charge is -2.08. The number of hydrogen-bond acceptors (Lipinski definition) is 2. The van der Waals surface area contributed by atoms with Crippen LogP contribution in [0.2, 0.25) is 0 Å². The molecule has 0 radical (unpaired) electrons. The van der Waals surface area contributed by atoms with E-state index in [4.69, 9.17) is 5.21 Å². The van der Waals surface area contributed by atoms with Gasteiger partial charge in [-0.1, -0.05) is 13.8 Å². The molecule has 0 amide bonds. The summed E-state index contributed by atoms with van der Waals surface area (Å²) in [6.07, 6.45) is 1.03. The molecule has 0 saturated carbocycles. The number of rotatable bonds is 3. The van der Waals surface area contributed by atoms with Crippen LogP contribution in [0.1, 0.15) is 13.8 Å². The van der Waals surface area contributed by atoms with E-state index in [2.05, 4.69) is 0 Å². The predicted molar refractivity (Wildman–Crippen MR) is 33.6 cm³/mol. The fourth-order valence-corrected chi connectivity index (χ4v) is 1.10. The van der Waals surface area contributed by atoms with Gasteiger partial charge in [0.15, 0.2) is 7.29 Å². The monoisotopic (exact) mass is 137 g/mol. The molecule has 0 aromatic heterocycles. The molecule has 0 aliphatic carbocycles. The Labute approximate surface area is 49.5 Å². The third-order valence-corrected chi connectivity index (χ3v) is 3.61. The molecule has 0 aliphatic rings. The molecule has 4 heteroatoms. The van der Waals surface area contributed by atoms with Gasteiger partial charge in [0, 0.05) is 12.3 Å². The first-order valence-electron chi connectivity index (χ1n) is 2.68. The lowest BCUT2D eigenvalue weighted by molar-refractivity contribution is 0.241. The van der Waals surface area contributed by atoms with Gasteiger partial charge < -0.3 is 9.77 Å². The minimum Gasteiger partial charge on any atom is -0.310 e. The highest BCUT2D eigenvalue weighted by atomic mass is 31.2. The fourth-order valence-electron chi connectivity index (χ4n) is 0.365. The fraction of sp³-hybridized carbons (Fsp3) is 1.00. The third kappa shape index (κ3) is 1.95. The van der Waals surface area contributed by atoms with Gasteiger partial charge in [-0.15, -0.1) is 0 Å². The summed E-state index contributed by atoms with van der Waals surface area (Å²) in [6, 6.07) is 0. The van der Waals surface area contributed by atoms with Crippen LogP contribution in [0.3, 0.4) is 0 Å². The molecule has 3 nitrogen and oxygen atoms in total. The second-order valence-electron chi connectivity index (χ2n) is 1.62. The van der Waals surface area contributed by atoms with Crippen LogP contribution in [0.5, 0.6) is 0 Å². The smallest absolute Gasteiger partial charge is 0.169 e. The first-order valence-corrected chi connectivity index (χ1v) is 4.75. The normalized spacial score (nSPS) is 11.9. The summed E-state index contributed by atoms with van der Waals surface area (Å²) in [5.41, 5.74) is 0. The first-order chi connectivity index (χ1) is 3.68. The van der Waals surface area contributed by atoms with Crippen molar-refractivity contribution in [2.45, 2.75) is 13.8 Å². The standard InChI is InChI=1S/C4H12NO2P/c1-3-8(7,4-2)5-6/h6H,3-4H2,1-2H3,(H,5,7). The lowest BCUT2D eigenvalue weighted by atomic mass is 11.0. The van der Waals surface area contributed by atoms with E-state index in [9.17, 15) is 4.57 Å². The molecule has 0 aliphatic heterocycles. The molecule has 0 atom stereocenters. The Morgan fingerprint density at radius 1 is 1.50 bits per heavy atom. The molecule has 8 heavy (non-hydrogen) atoms. The lowest BCUT2D eigenvalue weighted by Crippen LogP contribution is -2.07. The molecule has 0 aromatic rings. The Kier molecular flexibility index (Phi) is 3.29. The van der Waals surface area contributed by atoms with Gasteiger partial charge in [-0.25, -0.2) is 0 Å². The summed E-state index contributed by atoms with van der Waals surface area (Å²) in [5.74, 6) is 0. The third-order valence-electron chi connectivity index (χ3n) is 1.20. The van der Waals surface area contributed by atoms with Gasteiger partial charge in [0.2, 0.25) is 0 Å². The second kappa shape index (κ2) is 3.23. The van der Waals surface area contributed by atoms with Gasteiger partial charge in [-0.2, -0.15) is 5.25 Å². The van der Waals surface area contributed by atoms with Crippen molar-refractivity contribution in [1.82, 2.24) is 5.25 Å². The van der Waals surface area contributed by atoms with Crippen molar-refractivity contribution in [2.24, 2.45) is 0 Å². The minimum absolute atomic E-state index is 0.514. The van der Waals surface area contributed by atoms with Gasteiger partial charge in [0.1, 0.15) is 0 Å². The van der Waals surface area contributed by atoms with E-state index in [0.29, 0.717) is 12.3 Å². The summed E-state index contributed by atoms with van der Waals surface area (Å²) in [6.45, 7) is 3.57. The molecule has 0 unspecified atom stereocenters. The number of nitrogens with one attached hydrogen (secondary N) is 1. The van der Waals surface area contributed by atoms with Crippen molar-refractivity contribution < 1.29 is 9.77 Å². The summed E-state index contributed by atoms with van der Waals surface area (Å²) < 4.78 is 11.0. The van der Waals surface area contributed by atoms with E-state index in [0.717, 1.165) is 0 Å². The maximum absolute atomic E-state index is 11.0. The Hall–Kier alpha value is 0.150. The quantitative estimate of drug-likeness (QED) is 0.455. The zero-order valence-corrected chi connectivity index (χ0v) is 6.11. The van der Waals surface area contributed by atoms with Crippen molar-refractivity contribution in [2.75, 3.05) is 12.3 Å². The zero-order valence-electron chi connectivity index (χ0n) is 5.22. The van der Waals surface area contributed by atoms with Crippen molar-refractivity contribution in [3.05, 3.63) is 0 Å². The molecule has 0 fully saturated rings. The predicted octanol–water partition coefficient (Wildman–Crippen LogP) is 1.28. The van der Waals surface area contributed by atoms with Crippen LogP contribution in [-0.4, -0.2) is 17.5 Å². The average molecular weight is 137 g/mol. The van der Waals surface area contributed by atoms with Gasteiger partial charge in [0.25, 0.3) is 0 Å². The largest absolute Gasteiger partial charge is 0.310 e. The van der Waals surface area contributed by atoms with Crippen molar-refractivity contribution in [1.29, 1.82) is 0 Å². The highest BCUT2D eigenvalue weighted by Gasteiger charge is 2.13. The summed E-state index contributed by atoms with van der Waals surface area (Å²) in [4.78, 5) is 0. The van der Waals surface area contributed by atoms with Crippen LogP contribution in [0, 0.1) is 0 Å². The van der Waals surface area contributed by atoms with E-state index < -0.39 is 7.29 Å². The molecule has 0 bridgehead atoms. The summed E-state index contributed by atoms with van der Waals surface area (Å²) >= 11 is 0. The van der Waals surface area contributed by atoms with E-state index >= 15 is 0 Å². The molecule has 0 aromatic carbocycles. The Morgan fingerprint density at radius 3 is 1.88 bits per heavy atom. The van der Waals surface area contributed by atoms with Crippen LogP contribution in [-0.2, 0) is 4.57 Å². The molecule has 0 rings (SSSR count). The van der Waals surface area contributed by atoms with Crippen LogP contribution >= 0.6 is 7.29 Å². The van der Waals surface area contributed by atoms with Crippen LogP contribution in [0.4, 0.5) is 0 Å². The molecule has 2 N–H and O–H groups in total. The Bertz CT molecular complexity index is 85.2.